The Bertz CT molecular complexity index is 538. The van der Waals surface area contributed by atoms with Crippen molar-refractivity contribution in [1.82, 2.24) is 5.32 Å². The average Bonchev–Trinajstić information content (AvgIpc) is 2.90. The summed E-state index contributed by atoms with van der Waals surface area (Å²) in [5, 5.41) is 5.89. The summed E-state index contributed by atoms with van der Waals surface area (Å²) >= 11 is 0. The monoisotopic (exact) mass is 277 g/mol. The van der Waals surface area contributed by atoms with Gasteiger partial charge in [-0.05, 0) is 43.0 Å². The highest BCUT2D eigenvalue weighted by Gasteiger charge is 2.37. The molecular weight excluding hydrogens is 257 g/mol. The van der Waals surface area contributed by atoms with Gasteiger partial charge in [0, 0.05) is 6.54 Å². The maximum atomic E-state index is 14.4. The SMILES string of the molecule is NC1(C(=O)Nc2ccc3c(c2F)CCNC3)CCCC1. The Labute approximate surface area is 117 Å². The third kappa shape index (κ3) is 2.31. The van der Waals surface area contributed by atoms with Crippen molar-refractivity contribution < 1.29 is 9.18 Å². The number of fused-ring (bicyclic) bond motifs is 1. The van der Waals surface area contributed by atoms with E-state index in [-0.39, 0.29) is 17.4 Å². The molecule has 1 aromatic carbocycles. The van der Waals surface area contributed by atoms with E-state index < -0.39 is 5.54 Å². The lowest BCUT2D eigenvalue weighted by Gasteiger charge is -2.24. The first-order valence-corrected chi connectivity index (χ1v) is 7.21. The molecule has 0 atom stereocenters. The summed E-state index contributed by atoms with van der Waals surface area (Å²) in [6, 6.07) is 3.51. The number of benzene rings is 1. The molecule has 1 fully saturated rings. The van der Waals surface area contributed by atoms with E-state index in [0.29, 0.717) is 31.4 Å². The van der Waals surface area contributed by atoms with Gasteiger partial charge in [0.1, 0.15) is 5.82 Å². The molecule has 5 heteroatoms. The van der Waals surface area contributed by atoms with Crippen molar-refractivity contribution in [3.05, 3.63) is 29.1 Å². The summed E-state index contributed by atoms with van der Waals surface area (Å²) in [6.07, 6.45) is 3.92. The largest absolute Gasteiger partial charge is 0.322 e. The molecule has 0 saturated heterocycles. The fraction of sp³-hybridized carbons (Fsp3) is 0.533. The molecule has 0 spiro atoms. The maximum absolute atomic E-state index is 14.4. The van der Waals surface area contributed by atoms with Crippen molar-refractivity contribution >= 4 is 11.6 Å². The van der Waals surface area contributed by atoms with Gasteiger partial charge in [0.2, 0.25) is 5.91 Å². The highest BCUT2D eigenvalue weighted by atomic mass is 19.1. The molecule has 1 aromatic rings. The third-order valence-electron chi connectivity index (χ3n) is 4.40. The van der Waals surface area contributed by atoms with Crippen LogP contribution in [0.1, 0.15) is 36.8 Å². The van der Waals surface area contributed by atoms with Gasteiger partial charge in [-0.3, -0.25) is 4.79 Å². The molecule has 4 N–H and O–H groups in total. The van der Waals surface area contributed by atoms with Crippen molar-refractivity contribution in [3.63, 3.8) is 0 Å². The number of anilines is 1. The van der Waals surface area contributed by atoms with Gasteiger partial charge in [0.05, 0.1) is 11.2 Å². The smallest absolute Gasteiger partial charge is 0.244 e. The third-order valence-corrected chi connectivity index (χ3v) is 4.40. The minimum Gasteiger partial charge on any atom is -0.322 e. The van der Waals surface area contributed by atoms with Crippen molar-refractivity contribution in [1.29, 1.82) is 0 Å². The second-order valence-electron chi connectivity index (χ2n) is 5.81. The van der Waals surface area contributed by atoms with Crippen LogP contribution in [0.5, 0.6) is 0 Å². The number of rotatable bonds is 2. The predicted molar refractivity (Wildman–Crippen MR) is 75.8 cm³/mol. The topological polar surface area (TPSA) is 67.2 Å². The second-order valence-corrected chi connectivity index (χ2v) is 5.81. The maximum Gasteiger partial charge on any atom is 0.244 e. The zero-order valence-corrected chi connectivity index (χ0v) is 11.5. The molecule has 0 bridgehead atoms. The zero-order valence-electron chi connectivity index (χ0n) is 11.5. The Balaban J connectivity index is 1.82. The van der Waals surface area contributed by atoms with Crippen LogP contribution in [0.15, 0.2) is 12.1 Å². The normalized spacial score (nSPS) is 20.5. The molecule has 1 aliphatic carbocycles. The molecular formula is C15H20FN3O. The van der Waals surface area contributed by atoms with E-state index in [1.54, 1.807) is 6.07 Å². The van der Waals surface area contributed by atoms with Crippen LogP contribution in [0, 0.1) is 5.82 Å². The number of carbonyl (C=O) groups is 1. The zero-order chi connectivity index (χ0) is 14.2. The summed E-state index contributed by atoms with van der Waals surface area (Å²) in [4.78, 5) is 12.2. The van der Waals surface area contributed by atoms with E-state index >= 15 is 0 Å². The van der Waals surface area contributed by atoms with Gasteiger partial charge in [0.15, 0.2) is 0 Å². The highest BCUT2D eigenvalue weighted by molar-refractivity contribution is 5.98. The first-order valence-electron chi connectivity index (χ1n) is 7.21. The lowest BCUT2D eigenvalue weighted by Crippen LogP contribution is -2.48. The van der Waals surface area contributed by atoms with Crippen LogP contribution in [-0.2, 0) is 17.8 Å². The first-order chi connectivity index (χ1) is 9.60. The number of hydrogen-bond acceptors (Lipinski definition) is 3. The average molecular weight is 277 g/mol. The summed E-state index contributed by atoms with van der Waals surface area (Å²) in [5.74, 6) is -0.568. The first kappa shape index (κ1) is 13.5. The van der Waals surface area contributed by atoms with Crippen molar-refractivity contribution in [2.24, 2.45) is 5.73 Å². The summed E-state index contributed by atoms with van der Waals surface area (Å²) < 4.78 is 14.4. The van der Waals surface area contributed by atoms with E-state index in [9.17, 15) is 9.18 Å². The molecule has 1 heterocycles. The lowest BCUT2D eigenvalue weighted by molar-refractivity contribution is -0.121. The highest BCUT2D eigenvalue weighted by Crippen LogP contribution is 2.30. The van der Waals surface area contributed by atoms with Crippen LogP contribution in [0.4, 0.5) is 10.1 Å². The van der Waals surface area contributed by atoms with Crippen molar-refractivity contribution in [2.45, 2.75) is 44.2 Å². The molecule has 1 aliphatic heterocycles. The Hall–Kier alpha value is -1.46. The number of halogens is 1. The van der Waals surface area contributed by atoms with Crippen molar-refractivity contribution in [3.8, 4) is 0 Å². The molecule has 108 valence electrons. The van der Waals surface area contributed by atoms with Crippen LogP contribution in [0.2, 0.25) is 0 Å². The number of nitrogens with one attached hydrogen (secondary N) is 2. The minimum atomic E-state index is -0.829. The standard InChI is InChI=1S/C15H20FN3O/c16-13-11-5-8-18-9-10(11)3-4-12(13)19-14(20)15(17)6-1-2-7-15/h3-4,18H,1-2,5-9,17H2,(H,19,20). The quantitative estimate of drug-likeness (QED) is 0.770. The van der Waals surface area contributed by atoms with Crippen LogP contribution in [0.25, 0.3) is 0 Å². The molecule has 1 amide bonds. The summed E-state index contributed by atoms with van der Waals surface area (Å²) in [6.45, 7) is 1.45. The molecule has 2 aliphatic rings. The molecule has 4 nitrogen and oxygen atoms in total. The van der Waals surface area contributed by atoms with Crippen LogP contribution in [0.3, 0.4) is 0 Å². The predicted octanol–water partition coefficient (Wildman–Crippen LogP) is 1.68. The number of carbonyl (C=O) groups excluding carboxylic acids is 1. The fourth-order valence-corrected chi connectivity index (χ4v) is 3.11. The van der Waals surface area contributed by atoms with E-state index in [1.807, 2.05) is 6.07 Å². The van der Waals surface area contributed by atoms with E-state index in [1.165, 1.54) is 0 Å². The Morgan fingerprint density at radius 1 is 1.35 bits per heavy atom. The Morgan fingerprint density at radius 3 is 2.85 bits per heavy atom. The van der Waals surface area contributed by atoms with Crippen LogP contribution in [-0.4, -0.2) is 18.0 Å². The van der Waals surface area contributed by atoms with Gasteiger partial charge in [-0.2, -0.15) is 0 Å². The number of nitrogens with two attached hydrogens (primary N) is 1. The molecule has 0 aromatic heterocycles. The summed E-state index contributed by atoms with van der Waals surface area (Å²) in [7, 11) is 0. The van der Waals surface area contributed by atoms with Gasteiger partial charge in [-0.1, -0.05) is 18.9 Å². The van der Waals surface area contributed by atoms with Crippen molar-refractivity contribution in [2.75, 3.05) is 11.9 Å². The van der Waals surface area contributed by atoms with E-state index in [0.717, 1.165) is 24.9 Å². The second kappa shape index (κ2) is 5.14. The molecule has 1 saturated carbocycles. The minimum absolute atomic E-state index is 0.257. The van der Waals surface area contributed by atoms with E-state index in [4.69, 9.17) is 5.73 Å². The van der Waals surface area contributed by atoms with Crippen LogP contribution < -0.4 is 16.4 Å². The Morgan fingerprint density at radius 2 is 2.10 bits per heavy atom. The molecule has 20 heavy (non-hydrogen) atoms. The lowest BCUT2D eigenvalue weighted by atomic mass is 9.96. The number of amides is 1. The molecule has 3 rings (SSSR count). The van der Waals surface area contributed by atoms with Gasteiger partial charge in [-0.25, -0.2) is 4.39 Å². The van der Waals surface area contributed by atoms with Crippen LogP contribution >= 0.6 is 0 Å². The van der Waals surface area contributed by atoms with Gasteiger partial charge < -0.3 is 16.4 Å². The van der Waals surface area contributed by atoms with Gasteiger partial charge in [0.25, 0.3) is 0 Å². The number of hydrogen-bond donors (Lipinski definition) is 3. The van der Waals surface area contributed by atoms with Gasteiger partial charge in [-0.15, -0.1) is 0 Å². The van der Waals surface area contributed by atoms with E-state index in [2.05, 4.69) is 10.6 Å². The fourth-order valence-electron chi connectivity index (χ4n) is 3.11. The Kier molecular flexibility index (Phi) is 3.48. The molecule has 0 radical (unpaired) electrons. The van der Waals surface area contributed by atoms with Gasteiger partial charge >= 0.3 is 0 Å². The molecule has 0 unspecified atom stereocenters. The summed E-state index contributed by atoms with van der Waals surface area (Å²) in [5.41, 5.74) is 7.20.